The highest BCUT2D eigenvalue weighted by Crippen LogP contribution is 2.38. The Bertz CT molecular complexity index is 947. The monoisotopic (exact) mass is 463 g/mol. The van der Waals surface area contributed by atoms with Gasteiger partial charge in [-0.3, -0.25) is 10.1 Å². The molecule has 1 heterocycles. The number of hydrogen-bond acceptors (Lipinski definition) is 5. The van der Waals surface area contributed by atoms with E-state index < -0.39 is 0 Å². The first-order chi connectivity index (χ1) is 12.9. The molecule has 0 radical (unpaired) electrons. The van der Waals surface area contributed by atoms with Crippen LogP contribution in [0, 0.1) is 11.3 Å². The topological polar surface area (TPSA) is 74.2 Å². The molecule has 1 aliphatic carbocycles. The Morgan fingerprint density at radius 3 is 2.85 bits per heavy atom. The molecule has 1 aromatic heterocycles. The van der Waals surface area contributed by atoms with Crippen molar-refractivity contribution < 1.29 is 9.53 Å². The van der Waals surface area contributed by atoms with Crippen LogP contribution in [0.25, 0.3) is 0 Å². The third-order valence-corrected chi connectivity index (χ3v) is 6.08. The minimum Gasteiger partial charge on any atom is -0.490 e. The summed E-state index contributed by atoms with van der Waals surface area (Å²) in [6.07, 6.45) is 3.05. The number of fused-ring (bicyclic) bond motifs is 1. The Morgan fingerprint density at radius 2 is 2.19 bits per heavy atom. The Kier molecular flexibility index (Phi) is 6.15. The van der Waals surface area contributed by atoms with E-state index in [1.165, 1.54) is 16.2 Å². The third-order valence-electron chi connectivity index (χ3n) is 4.04. The average Bonchev–Trinajstić information content (AvgIpc) is 3.16. The fourth-order valence-electron chi connectivity index (χ4n) is 2.91. The number of nitrogens with one attached hydrogen (secondary N) is 2. The van der Waals surface area contributed by atoms with Gasteiger partial charge in [-0.15, -0.1) is 11.3 Å². The number of carbonyl (C=O) groups excluding carboxylic acids is 1. The predicted octanol–water partition coefficient (Wildman–Crippen LogP) is 4.78. The summed E-state index contributed by atoms with van der Waals surface area (Å²) >= 11 is 10.2. The summed E-state index contributed by atoms with van der Waals surface area (Å²) in [5.74, 6) is 0.348. The van der Waals surface area contributed by atoms with E-state index in [-0.39, 0.29) is 17.1 Å². The Morgan fingerprint density at radius 1 is 1.41 bits per heavy atom. The van der Waals surface area contributed by atoms with Crippen molar-refractivity contribution in [3.63, 3.8) is 0 Å². The lowest BCUT2D eigenvalue weighted by molar-refractivity contribution is 0.0977. The molecule has 27 heavy (non-hydrogen) atoms. The molecule has 0 atom stereocenters. The molecule has 0 saturated heterocycles. The first kappa shape index (κ1) is 19.8. The van der Waals surface area contributed by atoms with Crippen molar-refractivity contribution >= 4 is 55.5 Å². The standard InChI is InChI=1S/C19H18BrN3O2S2/c1-10(2)25-15-7-6-11(8-14(15)20)17(24)22-19(26)23-18-13(9-21)12-4-3-5-16(12)27-18/h6-8,10H,3-5H2,1-2H3,(H2,22,23,24,26). The van der Waals surface area contributed by atoms with Crippen molar-refractivity contribution in [2.75, 3.05) is 5.32 Å². The smallest absolute Gasteiger partial charge is 0.257 e. The normalized spacial score (nSPS) is 12.4. The van der Waals surface area contributed by atoms with Gasteiger partial charge in [0.25, 0.3) is 5.91 Å². The van der Waals surface area contributed by atoms with Crippen LogP contribution in [0.15, 0.2) is 22.7 Å². The van der Waals surface area contributed by atoms with E-state index in [4.69, 9.17) is 17.0 Å². The van der Waals surface area contributed by atoms with Crippen LogP contribution in [-0.4, -0.2) is 17.1 Å². The number of rotatable bonds is 4. The van der Waals surface area contributed by atoms with Gasteiger partial charge in [-0.25, -0.2) is 0 Å². The average molecular weight is 464 g/mol. The van der Waals surface area contributed by atoms with Gasteiger partial charge in [0.15, 0.2) is 5.11 Å². The van der Waals surface area contributed by atoms with Crippen molar-refractivity contribution in [3.05, 3.63) is 44.2 Å². The molecule has 0 fully saturated rings. The molecule has 0 unspecified atom stereocenters. The zero-order chi connectivity index (χ0) is 19.6. The fourth-order valence-corrected chi connectivity index (χ4v) is 4.89. The molecule has 1 aromatic carbocycles. The van der Waals surface area contributed by atoms with Gasteiger partial charge in [0.05, 0.1) is 16.1 Å². The van der Waals surface area contributed by atoms with Crippen LogP contribution in [0.2, 0.25) is 0 Å². The maximum atomic E-state index is 12.5. The van der Waals surface area contributed by atoms with Crippen LogP contribution in [0.1, 0.15) is 46.6 Å². The Hall–Kier alpha value is -1.95. The largest absolute Gasteiger partial charge is 0.490 e. The number of anilines is 1. The number of thiocarbonyl (C=S) groups is 1. The highest BCUT2D eigenvalue weighted by atomic mass is 79.9. The highest BCUT2D eigenvalue weighted by molar-refractivity contribution is 9.10. The summed E-state index contributed by atoms with van der Waals surface area (Å²) in [7, 11) is 0. The number of aryl methyl sites for hydroxylation is 1. The summed E-state index contributed by atoms with van der Waals surface area (Å²) < 4.78 is 6.35. The molecule has 0 bridgehead atoms. The number of hydrogen-bond donors (Lipinski definition) is 2. The number of thiophene rings is 1. The van der Waals surface area contributed by atoms with Crippen LogP contribution in [0.4, 0.5) is 5.00 Å². The van der Waals surface area contributed by atoms with Gasteiger partial charge in [0, 0.05) is 10.4 Å². The lowest BCUT2D eigenvalue weighted by Gasteiger charge is -2.13. The number of benzene rings is 1. The Labute approximate surface area is 175 Å². The quantitative estimate of drug-likeness (QED) is 0.637. The molecule has 5 nitrogen and oxygen atoms in total. The molecule has 0 aliphatic heterocycles. The van der Waals surface area contributed by atoms with Crippen LogP contribution in [0.3, 0.4) is 0 Å². The van der Waals surface area contributed by atoms with Gasteiger partial charge < -0.3 is 10.1 Å². The number of carbonyl (C=O) groups is 1. The van der Waals surface area contributed by atoms with Gasteiger partial charge in [0.1, 0.15) is 16.8 Å². The van der Waals surface area contributed by atoms with Crippen LogP contribution in [-0.2, 0) is 12.8 Å². The van der Waals surface area contributed by atoms with Crippen LogP contribution < -0.4 is 15.4 Å². The zero-order valence-electron chi connectivity index (χ0n) is 14.9. The number of ether oxygens (including phenoxy) is 1. The van der Waals surface area contributed by atoms with Crippen molar-refractivity contribution in [1.82, 2.24) is 5.32 Å². The fraction of sp³-hybridized carbons (Fsp3) is 0.316. The molecule has 0 saturated carbocycles. The molecular weight excluding hydrogens is 446 g/mol. The van der Waals surface area contributed by atoms with E-state index in [1.54, 1.807) is 18.2 Å². The zero-order valence-corrected chi connectivity index (χ0v) is 18.1. The van der Waals surface area contributed by atoms with E-state index in [2.05, 4.69) is 32.6 Å². The second kappa shape index (κ2) is 8.38. The molecule has 2 aromatic rings. The van der Waals surface area contributed by atoms with Crippen molar-refractivity contribution in [2.45, 2.75) is 39.2 Å². The molecule has 140 valence electrons. The van der Waals surface area contributed by atoms with E-state index in [0.29, 0.717) is 26.4 Å². The van der Waals surface area contributed by atoms with Gasteiger partial charge in [-0.05, 0) is 85.0 Å². The second-order valence-corrected chi connectivity index (χ2v) is 8.76. The molecule has 3 rings (SSSR count). The van der Waals surface area contributed by atoms with Crippen LogP contribution in [0.5, 0.6) is 5.75 Å². The third kappa shape index (κ3) is 4.49. The number of halogens is 1. The molecule has 0 spiro atoms. The van der Waals surface area contributed by atoms with E-state index in [0.717, 1.165) is 24.8 Å². The Balaban J connectivity index is 1.67. The van der Waals surface area contributed by atoms with Crippen molar-refractivity contribution in [1.29, 1.82) is 5.26 Å². The summed E-state index contributed by atoms with van der Waals surface area (Å²) in [5.41, 5.74) is 2.21. The van der Waals surface area contributed by atoms with Crippen molar-refractivity contribution in [2.24, 2.45) is 0 Å². The van der Waals surface area contributed by atoms with E-state index >= 15 is 0 Å². The lowest BCUT2D eigenvalue weighted by Crippen LogP contribution is -2.34. The van der Waals surface area contributed by atoms with Gasteiger partial charge in [-0.2, -0.15) is 5.26 Å². The molecule has 1 amide bonds. The maximum Gasteiger partial charge on any atom is 0.257 e. The molecular formula is C19H18BrN3O2S2. The second-order valence-electron chi connectivity index (χ2n) is 6.39. The summed E-state index contributed by atoms with van der Waals surface area (Å²) in [5, 5.41) is 16.0. The lowest BCUT2D eigenvalue weighted by atomic mass is 10.1. The number of amides is 1. The van der Waals surface area contributed by atoms with Gasteiger partial charge in [-0.1, -0.05) is 0 Å². The van der Waals surface area contributed by atoms with Crippen LogP contribution >= 0.6 is 39.5 Å². The SMILES string of the molecule is CC(C)Oc1ccc(C(=O)NC(=S)Nc2sc3c(c2C#N)CCC3)cc1Br. The maximum absolute atomic E-state index is 12.5. The molecule has 1 aliphatic rings. The number of nitriles is 1. The van der Waals surface area contributed by atoms with E-state index in [1.807, 2.05) is 13.8 Å². The first-order valence-corrected chi connectivity index (χ1v) is 10.5. The van der Waals surface area contributed by atoms with E-state index in [9.17, 15) is 10.1 Å². The van der Waals surface area contributed by atoms with Gasteiger partial charge in [0.2, 0.25) is 0 Å². The highest BCUT2D eigenvalue weighted by Gasteiger charge is 2.23. The summed E-state index contributed by atoms with van der Waals surface area (Å²) in [4.78, 5) is 13.7. The van der Waals surface area contributed by atoms with Gasteiger partial charge >= 0.3 is 0 Å². The number of nitrogens with zero attached hydrogens (tertiary/aromatic N) is 1. The molecule has 2 N–H and O–H groups in total. The summed E-state index contributed by atoms with van der Waals surface area (Å²) in [6.45, 7) is 3.88. The predicted molar refractivity (Wildman–Crippen MR) is 115 cm³/mol. The summed E-state index contributed by atoms with van der Waals surface area (Å²) in [6, 6.07) is 7.37. The molecule has 8 heteroatoms. The minimum absolute atomic E-state index is 0.0412. The first-order valence-electron chi connectivity index (χ1n) is 8.52. The minimum atomic E-state index is -0.327. The van der Waals surface area contributed by atoms with Crippen molar-refractivity contribution in [3.8, 4) is 11.8 Å².